The minimum atomic E-state index is 0.551. The van der Waals surface area contributed by atoms with Crippen molar-refractivity contribution in [1.29, 1.82) is 0 Å². The molecule has 3 heterocycles. The third kappa shape index (κ3) is 4.33. The minimum Gasteiger partial charge on any atom is -0.197 e. The molecule has 0 amide bonds. The van der Waals surface area contributed by atoms with Crippen molar-refractivity contribution in [1.82, 2.24) is 25.1 Å². The Labute approximate surface area is 231 Å². The molecule has 0 saturated carbocycles. The molecule has 0 atom stereocenters. The summed E-state index contributed by atoms with van der Waals surface area (Å²) < 4.78 is 3.79. The number of pyridine rings is 1. The molecule has 7 aromatic rings. The Kier molecular flexibility index (Phi) is 5.74. The van der Waals surface area contributed by atoms with Crippen LogP contribution >= 0.6 is 0 Å². The van der Waals surface area contributed by atoms with Crippen LogP contribution in [0.3, 0.4) is 0 Å². The third-order valence-corrected chi connectivity index (χ3v) is 6.83. The smallest absolute Gasteiger partial charge is 0.197 e. The molecule has 0 fully saturated rings. The van der Waals surface area contributed by atoms with Gasteiger partial charge in [-0.1, -0.05) is 96.1 Å². The number of hydrogen-bond acceptors (Lipinski definition) is 5. The van der Waals surface area contributed by atoms with Crippen LogP contribution in [0.2, 0.25) is 0 Å². The number of para-hydroxylation sites is 2. The molecule has 0 spiro atoms. The van der Waals surface area contributed by atoms with Gasteiger partial charge >= 0.3 is 0 Å². The van der Waals surface area contributed by atoms with Gasteiger partial charge in [-0.3, -0.25) is 0 Å². The number of aromatic nitrogens is 7. The molecule has 0 saturated heterocycles. The minimum absolute atomic E-state index is 0.551. The zero-order valence-corrected chi connectivity index (χ0v) is 22.1. The van der Waals surface area contributed by atoms with Gasteiger partial charge in [0.2, 0.25) is 34.3 Å². The second kappa shape index (κ2) is 9.71. The van der Waals surface area contributed by atoms with Gasteiger partial charge < -0.3 is 0 Å². The standard InChI is InChI=1S/C33H25N7/c1-22-13-17-24(18-14-22)30-34-32-28(39(37-30)26-9-5-3-6-10-26)21-29-33(36-32)35-31(25-19-15-23(2)16-20-25)38-40(29)27-11-7-4-8-12-27/h3-21H,1-2H3/q+2. The normalized spacial score (nSPS) is 11.2. The zero-order valence-electron chi connectivity index (χ0n) is 22.1. The maximum Gasteiger partial charge on any atom is 0.290 e. The van der Waals surface area contributed by atoms with Crippen LogP contribution in [0, 0.1) is 13.8 Å². The van der Waals surface area contributed by atoms with Gasteiger partial charge in [0.1, 0.15) is 0 Å². The number of fused-ring (bicyclic) bond motifs is 2. The van der Waals surface area contributed by atoms with Gasteiger partial charge in [-0.2, -0.15) is 15.0 Å². The molecule has 0 bridgehead atoms. The molecule has 4 aromatic carbocycles. The van der Waals surface area contributed by atoms with Crippen molar-refractivity contribution >= 4 is 22.3 Å². The number of rotatable bonds is 4. The molecule has 0 unspecified atom stereocenters. The number of nitrogens with zero attached hydrogens (tertiary/aromatic N) is 7. The number of aryl methyl sites for hydroxylation is 2. The van der Waals surface area contributed by atoms with E-state index in [-0.39, 0.29) is 0 Å². The second-order valence-electron chi connectivity index (χ2n) is 9.77. The fraction of sp³-hybridized carbons (Fsp3) is 0.0606. The van der Waals surface area contributed by atoms with Crippen molar-refractivity contribution in [2.45, 2.75) is 13.8 Å². The summed E-state index contributed by atoms with van der Waals surface area (Å²) in [6.45, 7) is 4.13. The highest BCUT2D eigenvalue weighted by Crippen LogP contribution is 2.22. The molecule has 0 aliphatic rings. The van der Waals surface area contributed by atoms with E-state index in [4.69, 9.17) is 25.1 Å². The zero-order chi connectivity index (χ0) is 27.1. The summed E-state index contributed by atoms with van der Waals surface area (Å²) in [6.07, 6.45) is 0. The summed E-state index contributed by atoms with van der Waals surface area (Å²) in [4.78, 5) is 14.8. The SMILES string of the molecule is Cc1ccc(-c2nc3nc4nc(-c5ccc(C)cc5)n[n+](-c5ccccc5)c4cc3[n+](-c3ccccc3)n2)cc1. The van der Waals surface area contributed by atoms with Gasteiger partial charge in [0.25, 0.3) is 11.0 Å². The molecule has 7 rings (SSSR count). The first-order valence-electron chi connectivity index (χ1n) is 13.1. The fourth-order valence-corrected chi connectivity index (χ4v) is 4.67. The average Bonchev–Trinajstić information content (AvgIpc) is 3.00. The Bertz CT molecular complexity index is 1850. The summed E-state index contributed by atoms with van der Waals surface area (Å²) in [5, 5.41) is 9.94. The lowest BCUT2D eigenvalue weighted by molar-refractivity contribution is -0.637. The Morgan fingerprint density at radius 1 is 0.450 bits per heavy atom. The van der Waals surface area contributed by atoms with Gasteiger partial charge in [-0.15, -0.1) is 0 Å². The molecule has 0 aliphatic heterocycles. The van der Waals surface area contributed by atoms with E-state index in [0.717, 1.165) is 33.5 Å². The molecule has 190 valence electrons. The molecule has 40 heavy (non-hydrogen) atoms. The highest BCUT2D eigenvalue weighted by molar-refractivity contribution is 5.82. The highest BCUT2D eigenvalue weighted by Gasteiger charge is 2.27. The molecule has 0 aliphatic carbocycles. The largest absolute Gasteiger partial charge is 0.290 e. The predicted octanol–water partition coefficient (Wildman–Crippen LogP) is 5.47. The maximum atomic E-state index is 5.01. The average molecular weight is 520 g/mol. The Balaban J connectivity index is 1.55. The van der Waals surface area contributed by atoms with E-state index in [2.05, 4.69) is 38.1 Å². The van der Waals surface area contributed by atoms with Crippen molar-refractivity contribution in [3.05, 3.63) is 126 Å². The molecule has 3 aromatic heterocycles. The van der Waals surface area contributed by atoms with Crippen LogP contribution in [0.25, 0.3) is 56.5 Å². The van der Waals surface area contributed by atoms with Crippen LogP contribution in [0.4, 0.5) is 0 Å². The van der Waals surface area contributed by atoms with E-state index in [1.165, 1.54) is 11.1 Å². The lowest BCUT2D eigenvalue weighted by Crippen LogP contribution is -2.40. The van der Waals surface area contributed by atoms with E-state index >= 15 is 0 Å². The number of hydrogen-bond donors (Lipinski definition) is 0. The maximum absolute atomic E-state index is 5.01. The fourth-order valence-electron chi connectivity index (χ4n) is 4.67. The first-order chi connectivity index (χ1) is 19.6. The van der Waals surface area contributed by atoms with Crippen LogP contribution in [-0.2, 0) is 0 Å². The lowest BCUT2D eigenvalue weighted by atomic mass is 10.1. The topological polar surface area (TPSA) is 72.2 Å². The van der Waals surface area contributed by atoms with Crippen molar-refractivity contribution in [3.63, 3.8) is 0 Å². The molecular weight excluding hydrogens is 494 g/mol. The van der Waals surface area contributed by atoms with E-state index in [1.807, 2.05) is 100 Å². The van der Waals surface area contributed by atoms with E-state index in [9.17, 15) is 0 Å². The quantitative estimate of drug-likeness (QED) is 0.228. The summed E-state index contributed by atoms with van der Waals surface area (Å²) >= 11 is 0. The first-order valence-corrected chi connectivity index (χ1v) is 13.1. The monoisotopic (exact) mass is 519 g/mol. The summed E-state index contributed by atoms with van der Waals surface area (Å²) in [7, 11) is 0. The number of benzene rings is 4. The molecular formula is C33H25N7+2. The van der Waals surface area contributed by atoms with Gasteiger partial charge in [-0.25, -0.2) is 0 Å². The van der Waals surface area contributed by atoms with Crippen LogP contribution in [0.5, 0.6) is 0 Å². The van der Waals surface area contributed by atoms with Gasteiger partial charge in [0.05, 0.1) is 6.07 Å². The van der Waals surface area contributed by atoms with Crippen molar-refractivity contribution in [2.75, 3.05) is 0 Å². The summed E-state index contributed by atoms with van der Waals surface area (Å²) in [5.41, 5.74) is 8.62. The van der Waals surface area contributed by atoms with E-state index in [0.29, 0.717) is 22.9 Å². The Hall–Kier alpha value is -5.43. The highest BCUT2D eigenvalue weighted by atomic mass is 15.3. The van der Waals surface area contributed by atoms with Crippen molar-refractivity contribution in [2.24, 2.45) is 0 Å². The van der Waals surface area contributed by atoms with Gasteiger partial charge in [-0.05, 0) is 23.2 Å². The van der Waals surface area contributed by atoms with Crippen LogP contribution in [-0.4, -0.2) is 25.1 Å². The Morgan fingerprint density at radius 2 is 0.850 bits per heavy atom. The van der Waals surface area contributed by atoms with Gasteiger partial charge in [0.15, 0.2) is 0 Å². The molecule has 7 nitrogen and oxygen atoms in total. The Morgan fingerprint density at radius 3 is 1.25 bits per heavy atom. The van der Waals surface area contributed by atoms with Crippen LogP contribution in [0.15, 0.2) is 115 Å². The summed E-state index contributed by atoms with van der Waals surface area (Å²) in [6, 6.07) is 38.5. The third-order valence-electron chi connectivity index (χ3n) is 6.83. The van der Waals surface area contributed by atoms with Crippen molar-refractivity contribution < 1.29 is 9.36 Å². The lowest BCUT2D eigenvalue weighted by Gasteiger charge is -2.05. The van der Waals surface area contributed by atoms with Gasteiger partial charge in [0, 0.05) is 45.6 Å². The van der Waals surface area contributed by atoms with Crippen LogP contribution < -0.4 is 9.36 Å². The van der Waals surface area contributed by atoms with Crippen LogP contribution in [0.1, 0.15) is 11.1 Å². The molecule has 0 N–H and O–H groups in total. The summed E-state index contributed by atoms with van der Waals surface area (Å²) in [5.74, 6) is 1.18. The van der Waals surface area contributed by atoms with Crippen molar-refractivity contribution in [3.8, 4) is 34.2 Å². The molecule has 0 radical (unpaired) electrons. The molecule has 7 heteroatoms. The predicted molar refractivity (Wildman–Crippen MR) is 154 cm³/mol. The first kappa shape index (κ1) is 23.7. The van der Waals surface area contributed by atoms with E-state index in [1.54, 1.807) is 0 Å². The van der Waals surface area contributed by atoms with E-state index < -0.39 is 0 Å². The second-order valence-corrected chi connectivity index (χ2v) is 9.77.